The van der Waals surface area contributed by atoms with Gasteiger partial charge in [0.2, 0.25) is 0 Å². The highest BCUT2D eigenvalue weighted by Gasteiger charge is 2.52. The van der Waals surface area contributed by atoms with Crippen LogP contribution >= 0.6 is 15.9 Å². The number of fused-ring (bicyclic) bond motifs is 3. The standard InChI is InChI=1S/C17H29BrO2/c1-4-5-16-6-9-17(10-7-16,11-8-16)14(19)20-13-15(2,3)12-18/h4-13H2,1-3H3. The maximum Gasteiger partial charge on any atom is 0.312 e. The molecule has 3 rings (SSSR count). The summed E-state index contributed by atoms with van der Waals surface area (Å²) in [7, 11) is 0. The quantitative estimate of drug-likeness (QED) is 0.495. The Labute approximate surface area is 132 Å². The van der Waals surface area contributed by atoms with Crippen molar-refractivity contribution in [2.75, 3.05) is 11.9 Å². The Balaban J connectivity index is 1.93. The predicted octanol–water partition coefficient (Wildman–Crippen LogP) is 5.09. The molecule has 3 fully saturated rings. The van der Waals surface area contributed by atoms with Crippen LogP contribution in [0.4, 0.5) is 0 Å². The normalized spacial score (nSPS) is 33.2. The van der Waals surface area contributed by atoms with Crippen LogP contribution in [-0.2, 0) is 9.53 Å². The fourth-order valence-corrected chi connectivity index (χ4v) is 4.09. The molecule has 0 aromatic heterocycles. The third-order valence-corrected chi connectivity index (χ3v) is 7.09. The van der Waals surface area contributed by atoms with Crippen molar-refractivity contribution in [3.63, 3.8) is 0 Å². The highest BCUT2D eigenvalue weighted by molar-refractivity contribution is 9.09. The van der Waals surface area contributed by atoms with Crippen LogP contribution in [0.2, 0.25) is 0 Å². The van der Waals surface area contributed by atoms with Crippen molar-refractivity contribution >= 4 is 21.9 Å². The van der Waals surface area contributed by atoms with Crippen molar-refractivity contribution < 1.29 is 9.53 Å². The zero-order valence-electron chi connectivity index (χ0n) is 13.3. The number of esters is 1. The number of hydrogen-bond donors (Lipinski definition) is 0. The van der Waals surface area contributed by atoms with Crippen LogP contribution in [0.3, 0.4) is 0 Å². The monoisotopic (exact) mass is 344 g/mol. The minimum Gasteiger partial charge on any atom is -0.465 e. The van der Waals surface area contributed by atoms with E-state index in [0.29, 0.717) is 12.0 Å². The van der Waals surface area contributed by atoms with E-state index in [1.54, 1.807) is 0 Å². The third-order valence-electron chi connectivity index (χ3n) is 5.57. The Kier molecular flexibility index (Phi) is 4.88. The van der Waals surface area contributed by atoms with Crippen LogP contribution in [0.5, 0.6) is 0 Å². The van der Waals surface area contributed by atoms with Crippen molar-refractivity contribution in [3.8, 4) is 0 Å². The van der Waals surface area contributed by atoms with Crippen LogP contribution in [0.15, 0.2) is 0 Å². The number of alkyl halides is 1. The van der Waals surface area contributed by atoms with Gasteiger partial charge in [0.25, 0.3) is 0 Å². The molecule has 0 N–H and O–H groups in total. The van der Waals surface area contributed by atoms with E-state index in [4.69, 9.17) is 4.74 Å². The molecule has 0 unspecified atom stereocenters. The molecule has 0 aromatic rings. The molecule has 0 amide bonds. The maximum atomic E-state index is 12.6. The molecular formula is C17H29BrO2. The van der Waals surface area contributed by atoms with Crippen molar-refractivity contribution in [1.29, 1.82) is 0 Å². The zero-order chi connectivity index (χ0) is 14.9. The number of carbonyl (C=O) groups is 1. The molecule has 0 saturated heterocycles. The Bertz CT molecular complexity index is 337. The molecule has 116 valence electrons. The lowest BCUT2D eigenvalue weighted by Gasteiger charge is -2.52. The number of ether oxygens (including phenoxy) is 1. The predicted molar refractivity (Wildman–Crippen MR) is 86.0 cm³/mol. The van der Waals surface area contributed by atoms with Gasteiger partial charge in [0, 0.05) is 10.7 Å². The highest BCUT2D eigenvalue weighted by Crippen LogP contribution is 2.59. The van der Waals surface area contributed by atoms with Crippen LogP contribution in [0.1, 0.15) is 72.1 Å². The fraction of sp³-hybridized carbons (Fsp3) is 0.941. The van der Waals surface area contributed by atoms with E-state index >= 15 is 0 Å². The largest absolute Gasteiger partial charge is 0.465 e. The fourth-order valence-electron chi connectivity index (χ4n) is 3.93. The summed E-state index contributed by atoms with van der Waals surface area (Å²) in [6.45, 7) is 7.06. The van der Waals surface area contributed by atoms with Gasteiger partial charge in [-0.1, -0.05) is 43.1 Å². The van der Waals surface area contributed by atoms with Gasteiger partial charge in [0.15, 0.2) is 0 Å². The number of halogens is 1. The van der Waals surface area contributed by atoms with E-state index in [0.717, 1.165) is 24.6 Å². The van der Waals surface area contributed by atoms with Gasteiger partial charge in [-0.15, -0.1) is 0 Å². The zero-order valence-corrected chi connectivity index (χ0v) is 14.9. The smallest absolute Gasteiger partial charge is 0.312 e. The molecule has 20 heavy (non-hydrogen) atoms. The van der Waals surface area contributed by atoms with Crippen molar-refractivity contribution in [2.45, 2.75) is 72.1 Å². The summed E-state index contributed by atoms with van der Waals surface area (Å²) < 4.78 is 5.68. The van der Waals surface area contributed by atoms with Gasteiger partial charge in [-0.05, 0) is 50.4 Å². The summed E-state index contributed by atoms with van der Waals surface area (Å²) in [6.07, 6.45) is 9.49. The summed E-state index contributed by atoms with van der Waals surface area (Å²) in [4.78, 5) is 12.6. The van der Waals surface area contributed by atoms with Crippen LogP contribution in [0, 0.1) is 16.2 Å². The van der Waals surface area contributed by atoms with Gasteiger partial charge in [-0.3, -0.25) is 4.79 Å². The molecule has 3 heteroatoms. The van der Waals surface area contributed by atoms with Gasteiger partial charge in [-0.25, -0.2) is 0 Å². The molecule has 0 aromatic carbocycles. The van der Waals surface area contributed by atoms with Gasteiger partial charge in [-0.2, -0.15) is 0 Å². The second-order valence-electron chi connectivity index (χ2n) is 7.90. The van der Waals surface area contributed by atoms with Gasteiger partial charge in [0.1, 0.15) is 0 Å². The Morgan fingerprint density at radius 3 is 2.15 bits per heavy atom. The van der Waals surface area contributed by atoms with E-state index in [1.807, 2.05) is 0 Å². The second-order valence-corrected chi connectivity index (χ2v) is 8.47. The van der Waals surface area contributed by atoms with Crippen LogP contribution in [-0.4, -0.2) is 17.9 Å². The van der Waals surface area contributed by atoms with E-state index in [2.05, 4.69) is 36.7 Å². The molecule has 2 nitrogen and oxygen atoms in total. The second kappa shape index (κ2) is 5.98. The van der Waals surface area contributed by atoms with E-state index in [-0.39, 0.29) is 16.8 Å². The molecular weight excluding hydrogens is 316 g/mol. The summed E-state index contributed by atoms with van der Waals surface area (Å²) in [5, 5.41) is 0.861. The van der Waals surface area contributed by atoms with E-state index in [9.17, 15) is 4.79 Å². The van der Waals surface area contributed by atoms with E-state index < -0.39 is 0 Å². The number of carbonyl (C=O) groups excluding carboxylic acids is 1. The summed E-state index contributed by atoms with van der Waals surface area (Å²) >= 11 is 3.49. The number of hydrogen-bond acceptors (Lipinski definition) is 2. The first-order valence-electron chi connectivity index (χ1n) is 8.10. The topological polar surface area (TPSA) is 26.3 Å². The molecule has 3 saturated carbocycles. The first kappa shape index (κ1) is 16.3. The first-order chi connectivity index (χ1) is 9.37. The first-order valence-corrected chi connectivity index (χ1v) is 9.22. The lowest BCUT2D eigenvalue weighted by molar-refractivity contribution is -0.168. The molecule has 0 aliphatic heterocycles. The summed E-state index contributed by atoms with van der Waals surface area (Å²) in [5.41, 5.74) is 0.450. The Morgan fingerprint density at radius 1 is 1.15 bits per heavy atom. The van der Waals surface area contributed by atoms with Crippen LogP contribution < -0.4 is 0 Å². The minimum atomic E-state index is -0.141. The molecule has 0 radical (unpaired) electrons. The molecule has 0 spiro atoms. The average Bonchev–Trinajstić information content (AvgIpc) is 2.47. The van der Waals surface area contributed by atoms with Crippen molar-refractivity contribution in [3.05, 3.63) is 0 Å². The van der Waals surface area contributed by atoms with Gasteiger partial charge in [0.05, 0.1) is 12.0 Å². The Morgan fingerprint density at radius 2 is 1.70 bits per heavy atom. The molecule has 3 aliphatic carbocycles. The van der Waals surface area contributed by atoms with Gasteiger partial charge < -0.3 is 4.74 Å². The van der Waals surface area contributed by atoms with Crippen molar-refractivity contribution in [2.24, 2.45) is 16.2 Å². The summed E-state index contributed by atoms with van der Waals surface area (Å²) in [6, 6.07) is 0. The minimum absolute atomic E-state index is 0.0294. The highest BCUT2D eigenvalue weighted by atomic mass is 79.9. The lowest BCUT2D eigenvalue weighted by atomic mass is 9.52. The molecule has 0 heterocycles. The van der Waals surface area contributed by atoms with E-state index in [1.165, 1.54) is 32.1 Å². The summed E-state index contributed by atoms with van der Waals surface area (Å²) in [5.74, 6) is 0.0799. The Hall–Kier alpha value is -0.0500. The van der Waals surface area contributed by atoms with Crippen molar-refractivity contribution in [1.82, 2.24) is 0 Å². The number of rotatable bonds is 6. The lowest BCUT2D eigenvalue weighted by Crippen LogP contribution is -2.47. The maximum absolute atomic E-state index is 12.6. The average molecular weight is 345 g/mol. The van der Waals surface area contributed by atoms with Crippen LogP contribution in [0.25, 0.3) is 0 Å². The molecule has 2 bridgehead atoms. The molecule has 0 atom stereocenters. The third kappa shape index (κ3) is 3.23. The van der Waals surface area contributed by atoms with Gasteiger partial charge >= 0.3 is 5.97 Å². The molecule has 3 aliphatic rings. The SMILES string of the molecule is CCCC12CCC(C(=O)OCC(C)(C)CBr)(CC1)CC2.